The van der Waals surface area contributed by atoms with Gasteiger partial charge in [-0.3, -0.25) is 14.5 Å². The summed E-state index contributed by atoms with van der Waals surface area (Å²) in [5.74, 6) is 0.857. The van der Waals surface area contributed by atoms with Crippen molar-refractivity contribution >= 4 is 11.8 Å². The number of fused-ring (bicyclic) bond motifs is 2. The molecule has 3 heteroatoms. The summed E-state index contributed by atoms with van der Waals surface area (Å²) in [4.78, 5) is 24.7. The number of hydrogen-bond acceptors (Lipinski definition) is 2. The number of hydrogen-bond donors (Lipinski definition) is 0. The topological polar surface area (TPSA) is 37.4 Å². The molecule has 3 nitrogen and oxygen atoms in total. The zero-order valence-corrected chi connectivity index (χ0v) is 8.12. The summed E-state index contributed by atoms with van der Waals surface area (Å²) in [6.07, 6.45) is 1.62. The second-order valence-electron chi connectivity index (χ2n) is 4.55. The molecule has 0 atom stereocenters. The molecule has 72 valence electrons. The van der Waals surface area contributed by atoms with Gasteiger partial charge < -0.3 is 0 Å². The fraction of sp³-hybridized carbons (Fsp3) is 0.800. The minimum absolute atomic E-state index is 0.0706. The minimum atomic E-state index is 0.0706. The van der Waals surface area contributed by atoms with Crippen LogP contribution in [0.25, 0.3) is 0 Å². The van der Waals surface area contributed by atoms with Crippen molar-refractivity contribution < 1.29 is 9.59 Å². The first-order chi connectivity index (χ1) is 6.09. The molecule has 0 unspecified atom stereocenters. The Hall–Kier alpha value is -0.860. The number of nitrogens with zero attached hydrogens (tertiary/aromatic N) is 1. The summed E-state index contributed by atoms with van der Waals surface area (Å²) in [5, 5.41) is 0. The van der Waals surface area contributed by atoms with Crippen LogP contribution in [0.4, 0.5) is 0 Å². The molecule has 3 fully saturated rings. The predicted molar refractivity (Wildman–Crippen MR) is 47.8 cm³/mol. The summed E-state index contributed by atoms with van der Waals surface area (Å²) >= 11 is 0. The van der Waals surface area contributed by atoms with Gasteiger partial charge in [-0.1, -0.05) is 13.8 Å². The van der Waals surface area contributed by atoms with E-state index < -0.39 is 0 Å². The maximum Gasteiger partial charge on any atom is 0.232 e. The Morgan fingerprint density at radius 2 is 1.69 bits per heavy atom. The molecule has 3 aliphatic rings. The van der Waals surface area contributed by atoms with E-state index >= 15 is 0 Å². The Bertz CT molecular complexity index is 234. The number of imide groups is 1. The second-order valence-corrected chi connectivity index (χ2v) is 4.55. The van der Waals surface area contributed by atoms with Gasteiger partial charge >= 0.3 is 0 Å². The van der Waals surface area contributed by atoms with Crippen molar-refractivity contribution in [3.8, 4) is 0 Å². The van der Waals surface area contributed by atoms with E-state index in [0.29, 0.717) is 12.5 Å². The highest BCUT2D eigenvalue weighted by Crippen LogP contribution is 2.41. The largest absolute Gasteiger partial charge is 0.282 e. The highest BCUT2D eigenvalue weighted by molar-refractivity contribution is 6.02. The Kier molecular flexibility index (Phi) is 1.90. The van der Waals surface area contributed by atoms with Crippen LogP contribution in [-0.4, -0.2) is 23.3 Å². The van der Waals surface area contributed by atoms with Crippen LogP contribution in [-0.2, 0) is 9.59 Å². The van der Waals surface area contributed by atoms with Crippen molar-refractivity contribution in [2.45, 2.75) is 26.7 Å². The van der Waals surface area contributed by atoms with Gasteiger partial charge in [0.05, 0.1) is 0 Å². The van der Waals surface area contributed by atoms with Crippen molar-refractivity contribution in [1.82, 2.24) is 4.90 Å². The maximum absolute atomic E-state index is 11.6. The monoisotopic (exact) mass is 181 g/mol. The van der Waals surface area contributed by atoms with Gasteiger partial charge in [-0.2, -0.15) is 0 Å². The molecule has 0 aromatic carbocycles. The van der Waals surface area contributed by atoms with Crippen molar-refractivity contribution in [3.05, 3.63) is 0 Å². The molecular formula is C10H15NO2. The Balaban J connectivity index is 2.09. The van der Waals surface area contributed by atoms with Gasteiger partial charge in [0.2, 0.25) is 11.8 Å². The lowest BCUT2D eigenvalue weighted by Crippen LogP contribution is -2.57. The quantitative estimate of drug-likeness (QED) is 0.597. The molecule has 1 saturated carbocycles. The maximum atomic E-state index is 11.6. The molecule has 0 aromatic heterocycles. The third-order valence-corrected chi connectivity index (χ3v) is 2.92. The highest BCUT2D eigenvalue weighted by Gasteiger charge is 2.49. The molecule has 3 rings (SSSR count). The zero-order valence-electron chi connectivity index (χ0n) is 8.12. The lowest BCUT2D eigenvalue weighted by atomic mass is 9.70. The number of rotatable bonds is 2. The molecule has 2 bridgehead atoms. The molecule has 1 aliphatic carbocycles. The average molecular weight is 181 g/mol. The van der Waals surface area contributed by atoms with Gasteiger partial charge in [-0.05, 0) is 18.8 Å². The first-order valence-corrected chi connectivity index (χ1v) is 4.94. The summed E-state index contributed by atoms with van der Waals surface area (Å²) in [5.41, 5.74) is 0. The van der Waals surface area contributed by atoms with E-state index in [4.69, 9.17) is 0 Å². The van der Waals surface area contributed by atoms with E-state index in [0.717, 1.165) is 12.8 Å². The summed E-state index contributed by atoms with van der Waals surface area (Å²) < 4.78 is 0. The molecule has 13 heavy (non-hydrogen) atoms. The third-order valence-electron chi connectivity index (χ3n) is 2.92. The van der Waals surface area contributed by atoms with Crippen molar-refractivity contribution in [2.75, 3.05) is 6.54 Å². The first kappa shape index (κ1) is 8.73. The van der Waals surface area contributed by atoms with Crippen LogP contribution in [0.15, 0.2) is 0 Å². The number of carbonyl (C=O) groups is 2. The molecule has 0 aromatic rings. The number of piperidine rings is 2. The van der Waals surface area contributed by atoms with E-state index in [1.165, 1.54) is 4.90 Å². The van der Waals surface area contributed by atoms with Gasteiger partial charge in [-0.25, -0.2) is 0 Å². The summed E-state index contributed by atoms with van der Waals surface area (Å²) in [7, 11) is 0. The molecule has 0 radical (unpaired) electrons. The molecule has 2 saturated heterocycles. The first-order valence-electron chi connectivity index (χ1n) is 4.94. The van der Waals surface area contributed by atoms with E-state index in [1.807, 2.05) is 13.8 Å². The van der Waals surface area contributed by atoms with Crippen LogP contribution in [0, 0.1) is 17.8 Å². The van der Waals surface area contributed by atoms with Crippen LogP contribution in [0.3, 0.4) is 0 Å². The Morgan fingerprint density at radius 3 is 2.08 bits per heavy atom. The molecule has 0 N–H and O–H groups in total. The number of amides is 2. The Morgan fingerprint density at radius 1 is 1.23 bits per heavy atom. The third kappa shape index (κ3) is 1.26. The lowest BCUT2D eigenvalue weighted by Gasteiger charge is -2.44. The second kappa shape index (κ2) is 2.82. The fourth-order valence-corrected chi connectivity index (χ4v) is 2.12. The SMILES string of the molecule is CC(C)CN1C(=O)C2CC(C2)C1=O. The molecule has 2 amide bonds. The smallest absolute Gasteiger partial charge is 0.232 e. The normalized spacial score (nSPS) is 32.4. The standard InChI is InChI=1S/C10H15NO2/c1-6(2)5-11-9(12)7-3-8(4-7)10(11)13/h6-8H,3-5H2,1-2H3. The van der Waals surface area contributed by atoms with Gasteiger partial charge in [0.15, 0.2) is 0 Å². The van der Waals surface area contributed by atoms with Gasteiger partial charge in [0.1, 0.15) is 0 Å². The van der Waals surface area contributed by atoms with Crippen LogP contribution >= 0.6 is 0 Å². The summed E-state index contributed by atoms with van der Waals surface area (Å²) in [6.45, 7) is 4.66. The predicted octanol–water partition coefficient (Wildman–Crippen LogP) is 1.04. The lowest BCUT2D eigenvalue weighted by molar-refractivity contribution is -0.165. The highest BCUT2D eigenvalue weighted by atomic mass is 16.2. The van der Waals surface area contributed by atoms with E-state index in [2.05, 4.69) is 0 Å². The van der Waals surface area contributed by atoms with Crippen LogP contribution in [0.1, 0.15) is 26.7 Å². The van der Waals surface area contributed by atoms with E-state index in [1.54, 1.807) is 0 Å². The van der Waals surface area contributed by atoms with E-state index in [9.17, 15) is 9.59 Å². The van der Waals surface area contributed by atoms with Crippen molar-refractivity contribution in [1.29, 1.82) is 0 Å². The van der Waals surface area contributed by atoms with E-state index in [-0.39, 0.29) is 23.7 Å². The molecular weight excluding hydrogens is 166 g/mol. The molecule has 2 aliphatic heterocycles. The minimum Gasteiger partial charge on any atom is -0.282 e. The number of carbonyl (C=O) groups excluding carboxylic acids is 2. The zero-order chi connectivity index (χ0) is 9.59. The van der Waals surface area contributed by atoms with Gasteiger partial charge in [0, 0.05) is 18.4 Å². The van der Waals surface area contributed by atoms with Gasteiger partial charge in [0.25, 0.3) is 0 Å². The summed E-state index contributed by atoms with van der Waals surface area (Å²) in [6, 6.07) is 0. The van der Waals surface area contributed by atoms with Gasteiger partial charge in [-0.15, -0.1) is 0 Å². The van der Waals surface area contributed by atoms with Crippen molar-refractivity contribution in [3.63, 3.8) is 0 Å². The average Bonchev–Trinajstić information content (AvgIpc) is 1.93. The Labute approximate surface area is 78.1 Å². The fourth-order valence-electron chi connectivity index (χ4n) is 2.12. The van der Waals surface area contributed by atoms with Crippen LogP contribution in [0.5, 0.6) is 0 Å². The molecule has 0 spiro atoms. The molecule has 2 heterocycles. The van der Waals surface area contributed by atoms with Crippen LogP contribution in [0.2, 0.25) is 0 Å². The van der Waals surface area contributed by atoms with Crippen LogP contribution < -0.4 is 0 Å². The van der Waals surface area contributed by atoms with Crippen molar-refractivity contribution in [2.24, 2.45) is 17.8 Å².